The number of nitrogens with zero attached hydrogens (tertiary/aromatic N) is 2. The van der Waals surface area contributed by atoms with Crippen LogP contribution in [0, 0.1) is 0 Å². The molecule has 2 N–H and O–H groups in total. The Balaban J connectivity index is 0.00000225. The van der Waals surface area contributed by atoms with Gasteiger partial charge in [0.1, 0.15) is 15.2 Å². The van der Waals surface area contributed by atoms with Crippen LogP contribution in [-0.2, 0) is 23.5 Å². The maximum Gasteiger partial charge on any atom is 0.272 e. The minimum atomic E-state index is -3.61. The van der Waals surface area contributed by atoms with E-state index in [1.165, 1.54) is 6.20 Å². The number of carbonyl (C=O) groups is 1. The zero-order valence-corrected chi connectivity index (χ0v) is 15.6. The van der Waals surface area contributed by atoms with Gasteiger partial charge in [-0.25, -0.2) is 18.1 Å². The molecule has 136 valence electrons. The number of anilines is 1. The van der Waals surface area contributed by atoms with Crippen molar-refractivity contribution in [2.24, 2.45) is 7.05 Å². The fourth-order valence-electron chi connectivity index (χ4n) is 2.84. The molecule has 0 spiro atoms. The lowest BCUT2D eigenvalue weighted by molar-refractivity contribution is 0.101. The van der Waals surface area contributed by atoms with Gasteiger partial charge in [0.2, 0.25) is 10.0 Å². The van der Waals surface area contributed by atoms with E-state index in [9.17, 15) is 13.2 Å². The molecule has 3 rings (SSSR count). The molecule has 0 saturated heterocycles. The summed E-state index contributed by atoms with van der Waals surface area (Å²) in [6.45, 7) is 1.82. The van der Waals surface area contributed by atoms with E-state index < -0.39 is 10.0 Å². The second-order valence-electron chi connectivity index (χ2n) is 5.81. The van der Waals surface area contributed by atoms with Gasteiger partial charge in [-0.05, 0) is 47.8 Å². The number of aryl methyl sites for hydroxylation is 1. The van der Waals surface area contributed by atoms with Crippen molar-refractivity contribution in [3.05, 3.63) is 40.4 Å². The molecule has 7 nitrogen and oxygen atoms in total. The van der Waals surface area contributed by atoms with E-state index in [1.54, 1.807) is 29.9 Å². The summed E-state index contributed by atoms with van der Waals surface area (Å²) in [4.78, 5) is 16.9. The molecule has 25 heavy (non-hydrogen) atoms. The zero-order chi connectivity index (χ0) is 17.5. The molecule has 9 heteroatoms. The van der Waals surface area contributed by atoms with Crippen molar-refractivity contribution in [3.8, 4) is 0 Å². The molecule has 1 aliphatic rings. The van der Waals surface area contributed by atoms with E-state index in [0.29, 0.717) is 34.4 Å². The third-order valence-corrected chi connectivity index (χ3v) is 6.00. The van der Waals surface area contributed by atoms with Crippen molar-refractivity contribution in [2.75, 3.05) is 5.32 Å². The lowest BCUT2D eigenvalue weighted by atomic mass is 10.1. The average Bonchev–Trinajstić information content (AvgIpc) is 2.77. The molecule has 0 aromatic carbocycles. The fourth-order valence-corrected chi connectivity index (χ4v) is 4.80. The third kappa shape index (κ3) is 3.94. The first-order valence-electron chi connectivity index (χ1n) is 7.41. The number of carbonyl (C=O) groups excluding carboxylic acids is 1. The largest absolute Gasteiger partial charge is 0.345 e. The summed E-state index contributed by atoms with van der Waals surface area (Å²) in [7, 11) is -1.94. The highest BCUT2D eigenvalue weighted by atomic mass is 79.9. The van der Waals surface area contributed by atoms with Crippen LogP contribution in [0.25, 0.3) is 0 Å². The Morgan fingerprint density at radius 2 is 2.20 bits per heavy atom. The smallest absolute Gasteiger partial charge is 0.272 e. The van der Waals surface area contributed by atoms with Crippen LogP contribution in [0.5, 0.6) is 0 Å². The van der Waals surface area contributed by atoms with Crippen molar-refractivity contribution in [2.45, 2.75) is 38.1 Å². The Bertz CT molecular complexity index is 908. The van der Waals surface area contributed by atoms with Gasteiger partial charge in [0, 0.05) is 36.7 Å². The Morgan fingerprint density at radius 3 is 2.88 bits per heavy atom. The minimum Gasteiger partial charge on any atom is -0.345 e. The number of hydrogen-bond donors (Lipinski definition) is 2. The Hall–Kier alpha value is -1.71. The fraction of sp³-hybridized carbons (Fsp3) is 0.375. The van der Waals surface area contributed by atoms with Crippen molar-refractivity contribution in [1.82, 2.24) is 14.3 Å². The van der Waals surface area contributed by atoms with Crippen LogP contribution < -0.4 is 10.0 Å². The van der Waals surface area contributed by atoms with Crippen molar-refractivity contribution < 1.29 is 13.2 Å². The summed E-state index contributed by atoms with van der Waals surface area (Å²) in [6.07, 6.45) is 4.22. The Labute approximate surface area is 156 Å². The number of sulfonamides is 1. The van der Waals surface area contributed by atoms with Gasteiger partial charge in [-0.2, -0.15) is 0 Å². The topological polar surface area (TPSA) is 93.1 Å². The van der Waals surface area contributed by atoms with Crippen molar-refractivity contribution in [1.29, 1.82) is 0 Å². The Kier molecular flexibility index (Phi) is 5.70. The first-order chi connectivity index (χ1) is 11.3. The molecule has 0 aliphatic carbocycles. The van der Waals surface area contributed by atoms with Crippen LogP contribution in [0.1, 0.15) is 36.8 Å². The molecule has 2 aromatic heterocycles. The Morgan fingerprint density at radius 1 is 1.48 bits per heavy atom. The standard InChI is InChI=1S/C15H17BrN4O3S.CH4/c1-9-3-4-11-12(24(22,23)19-9)8-20(2)14(11)15(21)18-10-5-6-17-13(16)7-10;/h5-9,19H,3-4H2,1-2H3,(H,17,18,21);1H4/t9-;/m0./s1. The molecule has 0 fully saturated rings. The number of aromatic nitrogens is 2. The molecule has 1 aliphatic heterocycles. The molecule has 0 saturated carbocycles. The summed E-state index contributed by atoms with van der Waals surface area (Å²) < 4.78 is 29.6. The van der Waals surface area contributed by atoms with Gasteiger partial charge >= 0.3 is 0 Å². The number of rotatable bonds is 2. The molecule has 0 bridgehead atoms. The molecule has 0 unspecified atom stereocenters. The summed E-state index contributed by atoms with van der Waals surface area (Å²) in [5.41, 5.74) is 1.50. The van der Waals surface area contributed by atoms with Crippen LogP contribution in [0.3, 0.4) is 0 Å². The highest BCUT2D eigenvalue weighted by Gasteiger charge is 2.31. The molecular formula is C16H21BrN4O3S. The van der Waals surface area contributed by atoms with E-state index in [4.69, 9.17) is 0 Å². The second-order valence-corrected chi connectivity index (χ2v) is 8.31. The molecule has 0 radical (unpaired) electrons. The number of nitrogens with one attached hydrogen (secondary N) is 2. The summed E-state index contributed by atoms with van der Waals surface area (Å²) in [5.74, 6) is -0.346. The van der Waals surface area contributed by atoms with E-state index in [0.717, 1.165) is 0 Å². The number of pyridine rings is 1. The molecule has 1 amide bonds. The van der Waals surface area contributed by atoms with E-state index in [-0.39, 0.29) is 24.3 Å². The van der Waals surface area contributed by atoms with E-state index in [2.05, 4.69) is 31.0 Å². The van der Waals surface area contributed by atoms with E-state index in [1.807, 2.05) is 6.92 Å². The predicted octanol–water partition coefficient (Wildman–Crippen LogP) is 2.68. The monoisotopic (exact) mass is 428 g/mol. The van der Waals surface area contributed by atoms with Crippen LogP contribution >= 0.6 is 15.9 Å². The maximum atomic E-state index is 12.7. The summed E-state index contributed by atoms with van der Waals surface area (Å²) >= 11 is 3.25. The van der Waals surface area contributed by atoms with Crippen molar-refractivity contribution in [3.63, 3.8) is 0 Å². The summed E-state index contributed by atoms with van der Waals surface area (Å²) in [6, 6.07) is 3.18. The van der Waals surface area contributed by atoms with Gasteiger partial charge in [0.05, 0.1) is 0 Å². The highest BCUT2D eigenvalue weighted by Crippen LogP contribution is 2.27. The first-order valence-corrected chi connectivity index (χ1v) is 9.69. The first kappa shape index (κ1) is 19.6. The van der Waals surface area contributed by atoms with Crippen LogP contribution in [-0.4, -0.2) is 29.9 Å². The van der Waals surface area contributed by atoms with Crippen LogP contribution in [0.15, 0.2) is 34.0 Å². The zero-order valence-electron chi connectivity index (χ0n) is 13.2. The molecule has 1 atom stereocenters. The third-order valence-electron chi connectivity index (χ3n) is 3.92. The molecule has 2 aromatic rings. The minimum absolute atomic E-state index is 0. The van der Waals surface area contributed by atoms with Gasteiger partial charge in [0.15, 0.2) is 0 Å². The number of hydrogen-bond acceptors (Lipinski definition) is 4. The normalized spacial score (nSPS) is 18.6. The van der Waals surface area contributed by atoms with Crippen LogP contribution in [0.4, 0.5) is 5.69 Å². The maximum absolute atomic E-state index is 12.7. The number of amides is 1. The highest BCUT2D eigenvalue weighted by molar-refractivity contribution is 9.10. The van der Waals surface area contributed by atoms with Gasteiger partial charge in [-0.1, -0.05) is 7.43 Å². The SMILES string of the molecule is C.C[C@H]1CCc2c(cn(C)c2C(=O)Nc2ccnc(Br)c2)S(=O)(=O)N1. The average molecular weight is 429 g/mol. The van der Waals surface area contributed by atoms with Crippen molar-refractivity contribution >= 4 is 37.5 Å². The van der Waals surface area contributed by atoms with Crippen LogP contribution in [0.2, 0.25) is 0 Å². The van der Waals surface area contributed by atoms with E-state index >= 15 is 0 Å². The van der Waals surface area contributed by atoms with Gasteiger partial charge < -0.3 is 9.88 Å². The number of fused-ring (bicyclic) bond motifs is 1. The molecular weight excluding hydrogens is 408 g/mol. The lowest BCUT2D eigenvalue weighted by Gasteiger charge is -2.10. The van der Waals surface area contributed by atoms with Gasteiger partial charge in [-0.15, -0.1) is 0 Å². The lowest BCUT2D eigenvalue weighted by Crippen LogP contribution is -2.30. The second kappa shape index (κ2) is 7.27. The predicted molar refractivity (Wildman–Crippen MR) is 100 cm³/mol. The van der Waals surface area contributed by atoms with Gasteiger partial charge in [0.25, 0.3) is 5.91 Å². The quantitative estimate of drug-likeness (QED) is 0.718. The van der Waals surface area contributed by atoms with Gasteiger partial charge in [-0.3, -0.25) is 4.79 Å². The number of halogens is 1. The summed E-state index contributed by atoms with van der Waals surface area (Å²) in [5, 5.41) is 2.79. The molecule has 3 heterocycles.